The third-order valence-electron chi connectivity index (χ3n) is 19.5. The third kappa shape index (κ3) is 9.97. The van der Waals surface area contributed by atoms with Gasteiger partial charge in [0.1, 0.15) is 5.82 Å². The second kappa shape index (κ2) is 23.4. The van der Waals surface area contributed by atoms with Crippen LogP contribution in [0.2, 0.25) is 0 Å². The average molecular weight is 1260 g/mol. The topological polar surface area (TPSA) is 66.3 Å². The van der Waals surface area contributed by atoms with Crippen LogP contribution in [0.5, 0.6) is 0 Å². The SMILES string of the molecule is Cc1ccc2c(c1)c1ccccc1n2-c1cc(-c2ccccc2-c2cc(-c3cc(-c4ccccc4)nc(-c4ccccc4)c3)nc(-c3cc(-c4ccccc4)nc(-c4ccccc4)c3)c2)c(-n2c3ccc(C)cc3c3cc(C)ccc32)c(-n2c3ccc(C)cc3c3cc(C)ccc32)n1. The van der Waals surface area contributed by atoms with Gasteiger partial charge in [0, 0.05) is 71.3 Å². The molecule has 0 aliphatic rings. The molecule has 7 aromatic heterocycles. The first kappa shape index (κ1) is 58.0. The van der Waals surface area contributed by atoms with Gasteiger partial charge in [0.15, 0.2) is 5.82 Å². The Balaban J connectivity index is 0.998. The highest BCUT2D eigenvalue weighted by Gasteiger charge is 2.29. The summed E-state index contributed by atoms with van der Waals surface area (Å²) in [6.07, 6.45) is 0. The molecule has 18 aromatic rings. The van der Waals surface area contributed by atoms with Crippen LogP contribution in [0.1, 0.15) is 27.8 Å². The molecule has 98 heavy (non-hydrogen) atoms. The molecule has 0 aliphatic heterocycles. The van der Waals surface area contributed by atoms with Crippen LogP contribution in [-0.2, 0) is 0 Å². The highest BCUT2D eigenvalue weighted by molar-refractivity contribution is 6.14. The fourth-order valence-corrected chi connectivity index (χ4v) is 14.8. The number of benzene rings is 11. The van der Waals surface area contributed by atoms with E-state index < -0.39 is 0 Å². The maximum absolute atomic E-state index is 6.24. The van der Waals surface area contributed by atoms with Crippen molar-refractivity contribution >= 4 is 65.4 Å². The van der Waals surface area contributed by atoms with Crippen LogP contribution in [0.15, 0.2) is 303 Å². The van der Waals surface area contributed by atoms with E-state index in [1.807, 2.05) is 0 Å². The monoisotopic (exact) mass is 1260 g/mol. The van der Waals surface area contributed by atoms with Gasteiger partial charge >= 0.3 is 0 Å². The van der Waals surface area contributed by atoms with Crippen LogP contribution in [-0.4, -0.2) is 33.6 Å². The van der Waals surface area contributed by atoms with E-state index in [0.717, 1.165) is 146 Å². The van der Waals surface area contributed by atoms with E-state index in [9.17, 15) is 0 Å². The minimum atomic E-state index is 0.790. The summed E-state index contributed by atoms with van der Waals surface area (Å²) in [4.78, 5) is 22.9. The van der Waals surface area contributed by atoms with Crippen molar-refractivity contribution in [3.05, 3.63) is 331 Å². The second-order valence-corrected chi connectivity index (χ2v) is 26.2. The van der Waals surface area contributed by atoms with E-state index in [0.29, 0.717) is 0 Å². The molecule has 0 fully saturated rings. The molecule has 7 nitrogen and oxygen atoms in total. The smallest absolute Gasteiger partial charge is 0.165 e. The fourth-order valence-electron chi connectivity index (χ4n) is 14.8. The molecule has 0 bridgehead atoms. The lowest BCUT2D eigenvalue weighted by Gasteiger charge is -2.23. The third-order valence-corrected chi connectivity index (χ3v) is 19.5. The molecule has 7 heterocycles. The van der Waals surface area contributed by atoms with Gasteiger partial charge in [0.2, 0.25) is 0 Å². The molecule has 0 saturated carbocycles. The quantitative estimate of drug-likeness (QED) is 0.129. The van der Waals surface area contributed by atoms with E-state index in [4.69, 9.17) is 19.9 Å². The van der Waals surface area contributed by atoms with Gasteiger partial charge in [0.05, 0.1) is 73.0 Å². The lowest BCUT2D eigenvalue weighted by atomic mass is 9.91. The number of aromatic nitrogens is 7. The Morgan fingerprint density at radius 2 is 0.510 bits per heavy atom. The molecular formula is C91H65N7. The van der Waals surface area contributed by atoms with Gasteiger partial charge in [-0.1, -0.05) is 222 Å². The highest BCUT2D eigenvalue weighted by atomic mass is 15.2. The van der Waals surface area contributed by atoms with Gasteiger partial charge in [-0.3, -0.25) is 9.13 Å². The van der Waals surface area contributed by atoms with Crippen molar-refractivity contribution in [3.63, 3.8) is 0 Å². The molecule has 0 amide bonds. The molecule has 0 saturated heterocycles. The summed E-state index contributed by atoms with van der Waals surface area (Å²) in [5.41, 5.74) is 28.3. The van der Waals surface area contributed by atoms with E-state index in [1.165, 1.54) is 54.7 Å². The zero-order valence-electron chi connectivity index (χ0n) is 55.0. The van der Waals surface area contributed by atoms with E-state index in [1.54, 1.807) is 0 Å². The van der Waals surface area contributed by atoms with Crippen molar-refractivity contribution in [1.29, 1.82) is 0 Å². The number of aryl methyl sites for hydroxylation is 5. The zero-order valence-corrected chi connectivity index (χ0v) is 55.0. The van der Waals surface area contributed by atoms with Crippen LogP contribution >= 0.6 is 0 Å². The van der Waals surface area contributed by atoms with Crippen molar-refractivity contribution in [1.82, 2.24) is 33.6 Å². The molecule has 0 atom stereocenters. The standard InChI is InChI=1S/C91H65N7/c1-56-34-39-84-71(44-56)70-32-20-21-33-83(70)96(84)89-55-76(90(97-85-40-35-57(2)45-72(85)73-46-58(3)36-41-86(73)97)91(95-89)98-87-42-37-59(4)47-74(87)75-48-60(5)38-43-88(75)98)69-31-19-18-30-68(69)65-49-81(66-51-77(61-22-10-6-11-23-61)92-78(52-66)62-24-12-7-13-25-62)94-82(50-65)67-53-79(63-26-14-8-15-27-63)93-80(54-67)64-28-16-9-17-29-64/h6-55H,1-5H3. The van der Waals surface area contributed by atoms with Crippen molar-refractivity contribution in [3.8, 4) is 107 Å². The summed E-state index contributed by atoms with van der Waals surface area (Å²) < 4.78 is 7.36. The predicted octanol–water partition coefficient (Wildman–Crippen LogP) is 23.4. The van der Waals surface area contributed by atoms with Crippen LogP contribution in [0.4, 0.5) is 0 Å². The molecule has 11 aromatic carbocycles. The first-order valence-corrected chi connectivity index (χ1v) is 33.6. The Morgan fingerprint density at radius 1 is 0.204 bits per heavy atom. The normalized spacial score (nSPS) is 11.7. The first-order chi connectivity index (χ1) is 48.1. The number of hydrogen-bond donors (Lipinski definition) is 0. The summed E-state index contributed by atoms with van der Waals surface area (Å²) in [6, 6.07) is 110. The molecule has 0 unspecified atom stereocenters. The van der Waals surface area contributed by atoms with Crippen LogP contribution in [0, 0.1) is 34.6 Å². The summed E-state index contributed by atoms with van der Waals surface area (Å²) in [6.45, 7) is 11.0. The van der Waals surface area contributed by atoms with Gasteiger partial charge in [0.25, 0.3) is 0 Å². The lowest BCUT2D eigenvalue weighted by molar-refractivity contribution is 0.984. The van der Waals surface area contributed by atoms with Gasteiger partial charge in [-0.05, 0) is 161 Å². The molecule has 0 N–H and O–H groups in total. The molecule has 18 rings (SSSR count). The van der Waals surface area contributed by atoms with Gasteiger partial charge in [-0.2, -0.15) is 0 Å². The Kier molecular flexibility index (Phi) is 13.9. The summed E-state index contributed by atoms with van der Waals surface area (Å²) in [7, 11) is 0. The minimum Gasteiger partial charge on any atom is -0.305 e. The minimum absolute atomic E-state index is 0.790. The molecule has 0 spiro atoms. The maximum atomic E-state index is 6.24. The lowest BCUT2D eigenvalue weighted by Crippen LogP contribution is -2.11. The number of hydrogen-bond acceptors (Lipinski definition) is 4. The first-order valence-electron chi connectivity index (χ1n) is 33.6. The van der Waals surface area contributed by atoms with E-state index in [2.05, 4.69) is 352 Å². The summed E-state index contributed by atoms with van der Waals surface area (Å²) in [5, 5.41) is 7.04. The number of rotatable bonds is 11. The van der Waals surface area contributed by atoms with Gasteiger partial charge in [-0.15, -0.1) is 0 Å². The maximum Gasteiger partial charge on any atom is 0.165 e. The molecule has 7 heteroatoms. The Morgan fingerprint density at radius 3 is 0.918 bits per heavy atom. The largest absolute Gasteiger partial charge is 0.305 e. The molecule has 464 valence electrons. The average Bonchev–Trinajstić information content (AvgIpc) is 1.51. The van der Waals surface area contributed by atoms with Gasteiger partial charge in [-0.25, -0.2) is 19.9 Å². The fraction of sp³-hybridized carbons (Fsp3) is 0.0549. The molecular weight excluding hydrogens is 1190 g/mol. The van der Waals surface area contributed by atoms with E-state index >= 15 is 0 Å². The summed E-state index contributed by atoms with van der Waals surface area (Å²) >= 11 is 0. The number of nitrogens with zero attached hydrogens (tertiary/aromatic N) is 7. The van der Waals surface area contributed by atoms with Gasteiger partial charge < -0.3 is 4.57 Å². The second-order valence-electron chi connectivity index (χ2n) is 26.2. The molecule has 0 radical (unpaired) electrons. The van der Waals surface area contributed by atoms with Crippen molar-refractivity contribution in [2.24, 2.45) is 0 Å². The van der Waals surface area contributed by atoms with Crippen molar-refractivity contribution < 1.29 is 0 Å². The van der Waals surface area contributed by atoms with E-state index in [-0.39, 0.29) is 0 Å². The molecule has 0 aliphatic carbocycles. The van der Waals surface area contributed by atoms with Crippen molar-refractivity contribution in [2.75, 3.05) is 0 Å². The number of para-hydroxylation sites is 1. The zero-order chi connectivity index (χ0) is 65.7. The van der Waals surface area contributed by atoms with Crippen LogP contribution in [0.3, 0.4) is 0 Å². The van der Waals surface area contributed by atoms with Crippen LogP contribution < -0.4 is 0 Å². The Bertz CT molecular complexity index is 5840. The number of fused-ring (bicyclic) bond motifs is 9. The van der Waals surface area contributed by atoms with Crippen molar-refractivity contribution in [2.45, 2.75) is 34.6 Å². The number of pyridine rings is 4. The predicted molar refractivity (Wildman–Crippen MR) is 408 cm³/mol. The Hall–Kier alpha value is -12.6. The highest BCUT2D eigenvalue weighted by Crippen LogP contribution is 2.48. The summed E-state index contributed by atoms with van der Waals surface area (Å²) in [5.74, 6) is 1.59. The Labute approximate surface area is 568 Å². The van der Waals surface area contributed by atoms with Crippen LogP contribution in [0.25, 0.3) is 173 Å².